The molecule has 3 rings (SSSR count). The van der Waals surface area contributed by atoms with Crippen molar-refractivity contribution in [3.63, 3.8) is 0 Å². The highest BCUT2D eigenvalue weighted by atomic mass is 16.5. The molecule has 23 heavy (non-hydrogen) atoms. The van der Waals surface area contributed by atoms with Gasteiger partial charge in [0.25, 0.3) is 5.91 Å². The van der Waals surface area contributed by atoms with Gasteiger partial charge in [0, 0.05) is 31.7 Å². The lowest BCUT2D eigenvalue weighted by Gasteiger charge is -2.36. The third-order valence-electron chi connectivity index (χ3n) is 4.33. The number of carbonyl (C=O) groups excluding carboxylic acids is 2. The normalized spacial score (nSPS) is 21.7. The van der Waals surface area contributed by atoms with Gasteiger partial charge in [-0.25, -0.2) is 0 Å². The van der Waals surface area contributed by atoms with Gasteiger partial charge in [0.2, 0.25) is 0 Å². The first-order valence-corrected chi connectivity index (χ1v) is 8.10. The van der Waals surface area contributed by atoms with Crippen LogP contribution in [-0.4, -0.2) is 62.6 Å². The van der Waals surface area contributed by atoms with Crippen LogP contribution >= 0.6 is 0 Å². The molecule has 0 saturated carbocycles. The van der Waals surface area contributed by atoms with Gasteiger partial charge < -0.3 is 14.4 Å². The van der Waals surface area contributed by atoms with Crippen molar-refractivity contribution in [1.82, 2.24) is 4.90 Å². The average Bonchev–Trinajstić information content (AvgIpc) is 2.61. The van der Waals surface area contributed by atoms with Gasteiger partial charge in [0.05, 0.1) is 18.9 Å². The van der Waals surface area contributed by atoms with Gasteiger partial charge in [-0.3, -0.25) is 14.5 Å². The number of nitrogens with zero attached hydrogens (tertiary/aromatic N) is 2. The molecule has 0 aliphatic carbocycles. The van der Waals surface area contributed by atoms with E-state index in [9.17, 15) is 9.59 Å². The lowest BCUT2D eigenvalue weighted by atomic mass is 10.1. The molecule has 1 saturated heterocycles. The Bertz CT molecular complexity index is 584. The van der Waals surface area contributed by atoms with Gasteiger partial charge in [-0.1, -0.05) is 6.92 Å². The highest BCUT2D eigenvalue weighted by Gasteiger charge is 2.33. The maximum Gasteiger partial charge on any atom is 0.268 e. The van der Waals surface area contributed by atoms with Crippen molar-refractivity contribution < 1.29 is 19.1 Å². The van der Waals surface area contributed by atoms with Crippen molar-refractivity contribution in [2.45, 2.75) is 19.4 Å². The number of aldehydes is 1. The molecular weight excluding hydrogens is 296 g/mol. The third-order valence-corrected chi connectivity index (χ3v) is 4.33. The predicted molar refractivity (Wildman–Crippen MR) is 86.1 cm³/mol. The van der Waals surface area contributed by atoms with Crippen molar-refractivity contribution in [2.75, 3.05) is 44.3 Å². The molecule has 1 unspecified atom stereocenters. The van der Waals surface area contributed by atoms with E-state index in [2.05, 4.69) is 4.90 Å². The van der Waals surface area contributed by atoms with Gasteiger partial charge in [-0.2, -0.15) is 0 Å². The Morgan fingerprint density at radius 2 is 2.04 bits per heavy atom. The molecule has 0 N–H and O–H groups in total. The zero-order valence-electron chi connectivity index (χ0n) is 13.4. The molecule has 1 atom stereocenters. The summed E-state index contributed by atoms with van der Waals surface area (Å²) in [5.74, 6) is 0.639. The van der Waals surface area contributed by atoms with Crippen LogP contribution in [0.5, 0.6) is 5.75 Å². The Morgan fingerprint density at radius 1 is 1.26 bits per heavy atom. The number of hydrogen-bond donors (Lipinski definition) is 0. The Morgan fingerprint density at radius 3 is 2.74 bits per heavy atom. The Hall–Kier alpha value is -1.92. The number of morpholine rings is 1. The van der Waals surface area contributed by atoms with Crippen LogP contribution < -0.4 is 9.64 Å². The molecule has 0 radical (unpaired) electrons. The minimum Gasteiger partial charge on any atom is -0.478 e. The summed E-state index contributed by atoms with van der Waals surface area (Å²) in [7, 11) is 0. The van der Waals surface area contributed by atoms with Crippen molar-refractivity contribution in [2.24, 2.45) is 0 Å². The number of benzene rings is 1. The fourth-order valence-electron chi connectivity index (χ4n) is 2.97. The fourth-order valence-corrected chi connectivity index (χ4v) is 2.97. The average molecular weight is 318 g/mol. The molecule has 0 spiro atoms. The summed E-state index contributed by atoms with van der Waals surface area (Å²) in [6.07, 6.45) is 0.966. The number of hydrogen-bond acceptors (Lipinski definition) is 5. The maximum absolute atomic E-state index is 12.7. The van der Waals surface area contributed by atoms with E-state index in [1.807, 2.05) is 6.92 Å². The topological polar surface area (TPSA) is 59.1 Å². The molecule has 0 aromatic heterocycles. The minimum absolute atomic E-state index is 0.0312. The van der Waals surface area contributed by atoms with Crippen LogP contribution in [0, 0.1) is 0 Å². The van der Waals surface area contributed by atoms with Crippen LogP contribution in [0.1, 0.15) is 23.7 Å². The van der Waals surface area contributed by atoms with Crippen LogP contribution in [0.3, 0.4) is 0 Å². The number of rotatable bonds is 5. The fraction of sp³-hybridized carbons (Fsp3) is 0.529. The molecular formula is C17H22N2O4. The lowest BCUT2D eigenvalue weighted by molar-refractivity contribution is -0.126. The number of anilines is 1. The van der Waals surface area contributed by atoms with E-state index in [-0.39, 0.29) is 5.91 Å². The quantitative estimate of drug-likeness (QED) is 0.767. The van der Waals surface area contributed by atoms with Crippen molar-refractivity contribution in [1.29, 1.82) is 0 Å². The second-order valence-corrected chi connectivity index (χ2v) is 5.80. The summed E-state index contributed by atoms with van der Waals surface area (Å²) in [6, 6.07) is 5.22. The maximum atomic E-state index is 12.7. The molecule has 0 bridgehead atoms. The first-order valence-electron chi connectivity index (χ1n) is 8.10. The Labute approximate surface area is 136 Å². The van der Waals surface area contributed by atoms with Gasteiger partial charge >= 0.3 is 0 Å². The van der Waals surface area contributed by atoms with Gasteiger partial charge in [0.1, 0.15) is 12.0 Å². The second kappa shape index (κ2) is 7.10. The number of carbonyl (C=O) groups is 2. The van der Waals surface area contributed by atoms with Crippen molar-refractivity contribution >= 4 is 17.9 Å². The van der Waals surface area contributed by atoms with Crippen LogP contribution in [0.25, 0.3) is 0 Å². The molecule has 1 aromatic carbocycles. The minimum atomic E-state index is -0.450. The molecule has 1 fully saturated rings. The third kappa shape index (κ3) is 3.38. The summed E-state index contributed by atoms with van der Waals surface area (Å²) < 4.78 is 11.1. The van der Waals surface area contributed by atoms with E-state index < -0.39 is 6.10 Å². The molecule has 2 aliphatic rings. The Kier molecular flexibility index (Phi) is 4.93. The van der Waals surface area contributed by atoms with Crippen LogP contribution in [0.4, 0.5) is 5.69 Å². The molecule has 6 nitrogen and oxygen atoms in total. The van der Waals surface area contributed by atoms with Gasteiger partial charge in [-0.15, -0.1) is 0 Å². The zero-order valence-corrected chi connectivity index (χ0v) is 13.4. The monoisotopic (exact) mass is 318 g/mol. The summed E-state index contributed by atoms with van der Waals surface area (Å²) >= 11 is 0. The van der Waals surface area contributed by atoms with E-state index in [0.29, 0.717) is 30.0 Å². The predicted octanol–water partition coefficient (Wildman–Crippen LogP) is 1.34. The Balaban J connectivity index is 1.81. The summed E-state index contributed by atoms with van der Waals surface area (Å²) in [6.45, 7) is 6.56. The summed E-state index contributed by atoms with van der Waals surface area (Å²) in [5.41, 5.74) is 1.24. The molecule has 6 heteroatoms. The first kappa shape index (κ1) is 16.0. The highest BCUT2D eigenvalue weighted by Crippen LogP contribution is 2.35. The molecule has 124 valence electrons. The van der Waals surface area contributed by atoms with Gasteiger partial charge in [0.15, 0.2) is 6.10 Å². The van der Waals surface area contributed by atoms with E-state index in [0.717, 1.165) is 39.1 Å². The van der Waals surface area contributed by atoms with E-state index in [1.165, 1.54) is 0 Å². The van der Waals surface area contributed by atoms with Crippen molar-refractivity contribution in [3.8, 4) is 5.75 Å². The summed E-state index contributed by atoms with van der Waals surface area (Å²) in [5, 5.41) is 0. The number of fused-ring (bicyclic) bond motifs is 1. The molecule has 2 heterocycles. The van der Waals surface area contributed by atoms with E-state index in [1.54, 1.807) is 23.1 Å². The largest absolute Gasteiger partial charge is 0.478 e. The molecule has 1 aromatic rings. The first-order chi connectivity index (χ1) is 11.2. The SMILES string of the molecule is CCC1Oc2ccc(C=O)cc2N(CCN2CCOCC2)C1=O. The van der Waals surface area contributed by atoms with Crippen molar-refractivity contribution in [3.05, 3.63) is 23.8 Å². The van der Waals surface area contributed by atoms with Crippen LogP contribution in [0.15, 0.2) is 18.2 Å². The smallest absolute Gasteiger partial charge is 0.268 e. The summed E-state index contributed by atoms with van der Waals surface area (Å²) in [4.78, 5) is 27.7. The van der Waals surface area contributed by atoms with Crippen LogP contribution in [0.2, 0.25) is 0 Å². The second-order valence-electron chi connectivity index (χ2n) is 5.80. The molecule has 1 amide bonds. The van der Waals surface area contributed by atoms with Crippen LogP contribution in [-0.2, 0) is 9.53 Å². The standard InChI is InChI=1S/C17H22N2O4/c1-2-15-17(21)19(6-5-18-7-9-22-10-8-18)14-11-13(12-20)3-4-16(14)23-15/h3-4,11-12,15H,2,5-10H2,1H3. The zero-order chi connectivity index (χ0) is 16.2. The number of amides is 1. The molecule has 2 aliphatic heterocycles. The van der Waals surface area contributed by atoms with E-state index in [4.69, 9.17) is 9.47 Å². The number of ether oxygens (including phenoxy) is 2. The van der Waals surface area contributed by atoms with Gasteiger partial charge in [-0.05, 0) is 24.6 Å². The van der Waals surface area contributed by atoms with E-state index >= 15 is 0 Å². The lowest BCUT2D eigenvalue weighted by Crippen LogP contribution is -2.49. The highest BCUT2D eigenvalue weighted by molar-refractivity contribution is 6.00.